The Labute approximate surface area is 155 Å². The van der Waals surface area contributed by atoms with E-state index < -0.39 is 12.2 Å². The number of likely N-dealkylation sites (N-methyl/N-ethyl adjacent to an activating group) is 1. The molecule has 2 amide bonds. The molecule has 1 aromatic rings. The van der Waals surface area contributed by atoms with Crippen molar-refractivity contribution >= 4 is 12.0 Å². The Morgan fingerprint density at radius 3 is 2.65 bits per heavy atom. The number of morpholine rings is 1. The van der Waals surface area contributed by atoms with Gasteiger partial charge in [0.15, 0.2) is 6.10 Å². The molecule has 1 aliphatic carbocycles. The van der Waals surface area contributed by atoms with Crippen molar-refractivity contribution in [2.45, 2.75) is 50.9 Å². The van der Waals surface area contributed by atoms with Crippen LogP contribution in [-0.4, -0.2) is 60.7 Å². The predicted molar refractivity (Wildman–Crippen MR) is 97.6 cm³/mol. The Morgan fingerprint density at radius 2 is 1.92 bits per heavy atom. The molecule has 3 rings (SSSR count). The molecule has 0 radical (unpaired) electrons. The van der Waals surface area contributed by atoms with Crippen LogP contribution in [0.5, 0.6) is 0 Å². The summed E-state index contributed by atoms with van der Waals surface area (Å²) in [6, 6.07) is 9.87. The quantitative estimate of drug-likeness (QED) is 0.828. The summed E-state index contributed by atoms with van der Waals surface area (Å²) in [6.45, 7) is 1.29. The van der Waals surface area contributed by atoms with Gasteiger partial charge in [0.25, 0.3) is 5.91 Å². The van der Waals surface area contributed by atoms with E-state index in [1.807, 2.05) is 42.3 Å². The highest BCUT2D eigenvalue weighted by Crippen LogP contribution is 2.23. The standard InChI is InChI=1S/C20H28N2O4/c1-21(17-10-6-3-7-11-17)19(23)18-14-22(12-13-25-18)20(24)26-15-16-8-4-2-5-9-16/h2,4-5,8-9,17-18H,3,6-7,10-15H2,1H3. The number of hydrogen-bond acceptors (Lipinski definition) is 4. The average Bonchev–Trinajstić information content (AvgIpc) is 2.72. The number of carbonyl (C=O) groups excluding carboxylic acids is 2. The van der Waals surface area contributed by atoms with E-state index in [1.165, 1.54) is 19.3 Å². The second-order valence-corrected chi connectivity index (χ2v) is 7.09. The Morgan fingerprint density at radius 1 is 1.19 bits per heavy atom. The van der Waals surface area contributed by atoms with Gasteiger partial charge in [0.2, 0.25) is 0 Å². The summed E-state index contributed by atoms with van der Waals surface area (Å²) in [5.74, 6) is -0.0301. The van der Waals surface area contributed by atoms with E-state index >= 15 is 0 Å². The van der Waals surface area contributed by atoms with E-state index in [2.05, 4.69) is 0 Å². The molecule has 2 fully saturated rings. The normalized spacial score (nSPS) is 21.3. The fourth-order valence-electron chi connectivity index (χ4n) is 3.65. The minimum absolute atomic E-state index is 0.0301. The fraction of sp³-hybridized carbons (Fsp3) is 0.600. The molecule has 1 saturated carbocycles. The van der Waals surface area contributed by atoms with Crippen LogP contribution in [0.25, 0.3) is 0 Å². The number of benzene rings is 1. The smallest absolute Gasteiger partial charge is 0.410 e. The summed E-state index contributed by atoms with van der Waals surface area (Å²) in [6.07, 6.45) is 4.71. The lowest BCUT2D eigenvalue weighted by Gasteiger charge is -2.37. The monoisotopic (exact) mass is 360 g/mol. The zero-order valence-corrected chi connectivity index (χ0v) is 15.4. The lowest BCUT2D eigenvalue weighted by Crippen LogP contribution is -2.53. The second-order valence-electron chi connectivity index (χ2n) is 7.09. The summed E-state index contributed by atoms with van der Waals surface area (Å²) in [7, 11) is 1.86. The van der Waals surface area contributed by atoms with E-state index in [-0.39, 0.29) is 19.1 Å². The molecule has 1 heterocycles. The van der Waals surface area contributed by atoms with Crippen molar-refractivity contribution in [1.82, 2.24) is 9.80 Å². The van der Waals surface area contributed by atoms with E-state index in [1.54, 1.807) is 4.90 Å². The maximum Gasteiger partial charge on any atom is 0.410 e. The van der Waals surface area contributed by atoms with Crippen molar-refractivity contribution in [3.8, 4) is 0 Å². The van der Waals surface area contributed by atoms with Crippen molar-refractivity contribution in [2.75, 3.05) is 26.7 Å². The summed E-state index contributed by atoms with van der Waals surface area (Å²) in [4.78, 5) is 28.5. The average molecular weight is 360 g/mol. The summed E-state index contributed by atoms with van der Waals surface area (Å²) >= 11 is 0. The molecule has 1 aliphatic heterocycles. The topological polar surface area (TPSA) is 59.1 Å². The van der Waals surface area contributed by atoms with Gasteiger partial charge in [0.05, 0.1) is 13.2 Å². The van der Waals surface area contributed by atoms with Gasteiger partial charge in [-0.2, -0.15) is 0 Å². The lowest BCUT2D eigenvalue weighted by molar-refractivity contribution is -0.150. The number of nitrogens with zero attached hydrogens (tertiary/aromatic N) is 2. The van der Waals surface area contributed by atoms with E-state index in [0.29, 0.717) is 19.2 Å². The molecule has 6 heteroatoms. The fourth-order valence-corrected chi connectivity index (χ4v) is 3.65. The molecule has 1 unspecified atom stereocenters. The van der Waals surface area contributed by atoms with Crippen molar-refractivity contribution in [2.24, 2.45) is 0 Å². The van der Waals surface area contributed by atoms with Crippen molar-refractivity contribution < 1.29 is 19.1 Å². The molecule has 26 heavy (non-hydrogen) atoms. The SMILES string of the molecule is CN(C(=O)C1CN(C(=O)OCc2ccccc2)CCO1)C1CCCCC1. The third-order valence-corrected chi connectivity index (χ3v) is 5.28. The zero-order valence-electron chi connectivity index (χ0n) is 15.4. The van der Waals surface area contributed by atoms with E-state index in [9.17, 15) is 9.59 Å². The summed E-state index contributed by atoms with van der Waals surface area (Å²) in [5, 5.41) is 0. The van der Waals surface area contributed by atoms with Gasteiger partial charge in [0, 0.05) is 19.6 Å². The molecule has 1 saturated heterocycles. The van der Waals surface area contributed by atoms with Gasteiger partial charge in [-0.25, -0.2) is 4.79 Å². The Bertz CT molecular complexity index is 601. The molecule has 1 aromatic carbocycles. The molecule has 142 valence electrons. The third kappa shape index (κ3) is 4.75. The Kier molecular flexibility index (Phi) is 6.50. The molecule has 0 spiro atoms. The molecule has 0 bridgehead atoms. The van der Waals surface area contributed by atoms with Gasteiger partial charge < -0.3 is 19.3 Å². The predicted octanol–water partition coefficient (Wildman–Crippen LogP) is 2.82. The minimum atomic E-state index is -0.597. The molecule has 6 nitrogen and oxygen atoms in total. The van der Waals surface area contributed by atoms with Crippen molar-refractivity contribution in [1.29, 1.82) is 0 Å². The molecule has 2 aliphatic rings. The minimum Gasteiger partial charge on any atom is -0.445 e. The van der Waals surface area contributed by atoms with Crippen LogP contribution < -0.4 is 0 Å². The largest absolute Gasteiger partial charge is 0.445 e. The van der Waals surface area contributed by atoms with Gasteiger partial charge in [-0.15, -0.1) is 0 Å². The van der Waals surface area contributed by atoms with Crippen LogP contribution in [0.4, 0.5) is 4.79 Å². The van der Waals surface area contributed by atoms with Crippen LogP contribution in [0.15, 0.2) is 30.3 Å². The van der Waals surface area contributed by atoms with Crippen LogP contribution in [0.2, 0.25) is 0 Å². The highest BCUT2D eigenvalue weighted by atomic mass is 16.6. The van der Waals surface area contributed by atoms with Crippen molar-refractivity contribution in [3.05, 3.63) is 35.9 Å². The van der Waals surface area contributed by atoms with Crippen LogP contribution >= 0.6 is 0 Å². The number of carbonyl (C=O) groups is 2. The van der Waals surface area contributed by atoms with Crippen LogP contribution in [-0.2, 0) is 20.9 Å². The number of hydrogen-bond donors (Lipinski definition) is 0. The molecule has 1 atom stereocenters. The molecular formula is C20H28N2O4. The molecule has 0 aromatic heterocycles. The zero-order chi connectivity index (χ0) is 18.4. The third-order valence-electron chi connectivity index (χ3n) is 5.28. The maximum absolute atomic E-state index is 12.8. The first-order chi connectivity index (χ1) is 12.6. The second kappa shape index (κ2) is 9.03. The van der Waals surface area contributed by atoms with Gasteiger partial charge in [-0.05, 0) is 18.4 Å². The number of ether oxygens (including phenoxy) is 2. The Hall–Kier alpha value is -2.08. The first-order valence-corrected chi connectivity index (χ1v) is 9.49. The van der Waals surface area contributed by atoms with Gasteiger partial charge in [0.1, 0.15) is 6.61 Å². The summed E-state index contributed by atoms with van der Waals surface area (Å²) < 4.78 is 11.0. The van der Waals surface area contributed by atoms with Crippen LogP contribution in [0.1, 0.15) is 37.7 Å². The highest BCUT2D eigenvalue weighted by molar-refractivity contribution is 5.82. The maximum atomic E-state index is 12.8. The summed E-state index contributed by atoms with van der Waals surface area (Å²) in [5.41, 5.74) is 0.943. The van der Waals surface area contributed by atoms with Crippen LogP contribution in [0, 0.1) is 0 Å². The first kappa shape index (κ1) is 18.7. The van der Waals surface area contributed by atoms with Gasteiger partial charge >= 0.3 is 6.09 Å². The highest BCUT2D eigenvalue weighted by Gasteiger charge is 2.34. The van der Waals surface area contributed by atoms with Crippen molar-refractivity contribution in [3.63, 3.8) is 0 Å². The van der Waals surface area contributed by atoms with E-state index in [0.717, 1.165) is 18.4 Å². The number of amides is 2. The van der Waals surface area contributed by atoms with Gasteiger partial charge in [-0.3, -0.25) is 4.79 Å². The van der Waals surface area contributed by atoms with Gasteiger partial charge in [-0.1, -0.05) is 49.6 Å². The molecule has 0 N–H and O–H groups in total. The van der Waals surface area contributed by atoms with Crippen LogP contribution in [0.3, 0.4) is 0 Å². The van der Waals surface area contributed by atoms with E-state index in [4.69, 9.17) is 9.47 Å². The Balaban J connectivity index is 1.51. The molecular weight excluding hydrogens is 332 g/mol. The first-order valence-electron chi connectivity index (χ1n) is 9.49. The number of rotatable bonds is 4. The lowest BCUT2D eigenvalue weighted by atomic mass is 9.94.